The van der Waals surface area contributed by atoms with Crippen LogP contribution in [0.4, 0.5) is 18.9 Å². The average Bonchev–Trinajstić information content (AvgIpc) is 2.67. The van der Waals surface area contributed by atoms with Gasteiger partial charge in [-0.15, -0.1) is 13.2 Å². The zero-order valence-electron chi connectivity index (χ0n) is 14.9. The fourth-order valence-electron chi connectivity index (χ4n) is 2.86. The molecular weight excluding hydrogens is 371 g/mol. The SMILES string of the molecule is C=N/C=C1/CN(c2cccc(OC(F)(F)F)c2)CCC1=NCc1ncccn1. The summed E-state index contributed by atoms with van der Waals surface area (Å²) in [7, 11) is 0. The first-order valence-electron chi connectivity index (χ1n) is 8.50. The summed E-state index contributed by atoms with van der Waals surface area (Å²) in [6.07, 6.45) is 0.815. The highest BCUT2D eigenvalue weighted by atomic mass is 19.4. The first kappa shape index (κ1) is 19.5. The highest BCUT2D eigenvalue weighted by molar-refractivity contribution is 6.02. The van der Waals surface area contributed by atoms with E-state index >= 15 is 0 Å². The Morgan fingerprint density at radius 1 is 1.21 bits per heavy atom. The van der Waals surface area contributed by atoms with Crippen LogP contribution in [-0.2, 0) is 6.54 Å². The summed E-state index contributed by atoms with van der Waals surface area (Å²) in [5.74, 6) is 0.360. The van der Waals surface area contributed by atoms with E-state index in [4.69, 9.17) is 0 Å². The van der Waals surface area contributed by atoms with Crippen molar-refractivity contribution in [3.63, 3.8) is 0 Å². The van der Waals surface area contributed by atoms with Gasteiger partial charge in [0.2, 0.25) is 0 Å². The van der Waals surface area contributed by atoms with Crippen LogP contribution in [0.2, 0.25) is 0 Å². The van der Waals surface area contributed by atoms with Crippen LogP contribution in [0.15, 0.2) is 64.5 Å². The van der Waals surface area contributed by atoms with Crippen molar-refractivity contribution < 1.29 is 17.9 Å². The molecule has 0 radical (unpaired) electrons. The van der Waals surface area contributed by atoms with Crippen molar-refractivity contribution >= 4 is 18.1 Å². The number of aliphatic imine (C=N–C) groups is 2. The molecule has 0 spiro atoms. The topological polar surface area (TPSA) is 63.0 Å². The zero-order chi connectivity index (χ0) is 20.0. The summed E-state index contributed by atoms with van der Waals surface area (Å²) >= 11 is 0. The summed E-state index contributed by atoms with van der Waals surface area (Å²) in [6, 6.07) is 7.64. The van der Waals surface area contributed by atoms with Gasteiger partial charge in [0.25, 0.3) is 0 Å². The Morgan fingerprint density at radius 3 is 2.71 bits per heavy atom. The summed E-state index contributed by atoms with van der Waals surface area (Å²) in [6.45, 7) is 4.88. The molecule has 0 atom stereocenters. The molecule has 0 unspecified atom stereocenters. The molecule has 2 aromatic rings. The van der Waals surface area contributed by atoms with Crippen LogP contribution in [0, 0.1) is 0 Å². The van der Waals surface area contributed by atoms with Crippen LogP contribution in [0.25, 0.3) is 0 Å². The van der Waals surface area contributed by atoms with Crippen molar-refractivity contribution in [1.29, 1.82) is 0 Å². The molecule has 0 saturated carbocycles. The molecule has 28 heavy (non-hydrogen) atoms. The summed E-state index contributed by atoms with van der Waals surface area (Å²) < 4.78 is 41.4. The lowest BCUT2D eigenvalue weighted by Crippen LogP contribution is -2.36. The molecule has 1 aromatic carbocycles. The monoisotopic (exact) mass is 389 g/mol. The normalized spacial score (nSPS) is 17.8. The second kappa shape index (κ2) is 8.64. The molecule has 9 heteroatoms. The van der Waals surface area contributed by atoms with Crippen molar-refractivity contribution in [2.75, 3.05) is 18.0 Å². The van der Waals surface area contributed by atoms with E-state index in [-0.39, 0.29) is 5.75 Å². The number of hydrogen-bond acceptors (Lipinski definition) is 6. The van der Waals surface area contributed by atoms with E-state index in [1.54, 1.807) is 30.7 Å². The molecule has 1 aromatic heterocycles. The molecule has 0 amide bonds. The fraction of sp³-hybridized carbons (Fsp3) is 0.263. The number of rotatable bonds is 5. The molecule has 1 aliphatic rings. The van der Waals surface area contributed by atoms with Gasteiger partial charge >= 0.3 is 6.36 Å². The number of benzene rings is 1. The molecule has 6 nitrogen and oxygen atoms in total. The minimum absolute atomic E-state index is 0.252. The van der Waals surface area contributed by atoms with E-state index < -0.39 is 6.36 Å². The number of anilines is 1. The van der Waals surface area contributed by atoms with Crippen LogP contribution in [0.5, 0.6) is 5.75 Å². The van der Waals surface area contributed by atoms with Crippen molar-refractivity contribution in [1.82, 2.24) is 9.97 Å². The van der Waals surface area contributed by atoms with E-state index in [1.807, 2.05) is 4.90 Å². The van der Waals surface area contributed by atoms with E-state index in [0.29, 0.717) is 37.6 Å². The van der Waals surface area contributed by atoms with Gasteiger partial charge in [0, 0.05) is 61.1 Å². The van der Waals surface area contributed by atoms with E-state index in [9.17, 15) is 13.2 Å². The van der Waals surface area contributed by atoms with Gasteiger partial charge in [-0.2, -0.15) is 0 Å². The lowest BCUT2D eigenvalue weighted by atomic mass is 10.0. The van der Waals surface area contributed by atoms with Crippen molar-refractivity contribution in [3.05, 3.63) is 60.3 Å². The summed E-state index contributed by atoms with van der Waals surface area (Å²) in [4.78, 5) is 18.7. The molecule has 0 N–H and O–H groups in total. The van der Waals surface area contributed by atoms with Crippen LogP contribution in [0.1, 0.15) is 12.2 Å². The number of ether oxygens (including phenoxy) is 1. The van der Waals surface area contributed by atoms with Gasteiger partial charge in [-0.3, -0.25) is 9.98 Å². The Morgan fingerprint density at radius 2 is 2.00 bits per heavy atom. The smallest absolute Gasteiger partial charge is 0.406 e. The first-order chi connectivity index (χ1) is 13.4. The minimum Gasteiger partial charge on any atom is -0.406 e. The molecule has 3 rings (SSSR count). The number of hydrogen-bond donors (Lipinski definition) is 0. The van der Waals surface area contributed by atoms with E-state index in [2.05, 4.69) is 31.4 Å². The van der Waals surface area contributed by atoms with Gasteiger partial charge in [-0.05, 0) is 24.9 Å². The lowest BCUT2D eigenvalue weighted by molar-refractivity contribution is -0.274. The molecular formula is C19H18F3N5O. The number of halogens is 3. The highest BCUT2D eigenvalue weighted by Gasteiger charge is 2.31. The zero-order valence-corrected chi connectivity index (χ0v) is 14.9. The molecule has 1 saturated heterocycles. The van der Waals surface area contributed by atoms with Crippen molar-refractivity contribution in [3.8, 4) is 5.75 Å². The van der Waals surface area contributed by atoms with E-state index in [0.717, 1.165) is 11.3 Å². The summed E-state index contributed by atoms with van der Waals surface area (Å²) in [5, 5.41) is 0. The third kappa shape index (κ3) is 5.38. The Hall–Kier alpha value is -3.23. The van der Waals surface area contributed by atoms with Crippen LogP contribution in [-0.4, -0.2) is 41.8 Å². The maximum atomic E-state index is 12.5. The molecule has 2 heterocycles. The molecule has 0 bridgehead atoms. The van der Waals surface area contributed by atoms with Crippen LogP contribution >= 0.6 is 0 Å². The Kier molecular flexibility index (Phi) is 6.03. The summed E-state index contributed by atoms with van der Waals surface area (Å²) in [5.41, 5.74) is 2.33. The maximum absolute atomic E-state index is 12.5. The Labute approximate surface area is 160 Å². The number of piperidine rings is 1. The van der Waals surface area contributed by atoms with Crippen molar-refractivity contribution in [2.24, 2.45) is 9.98 Å². The average molecular weight is 389 g/mol. The number of nitrogens with zero attached hydrogens (tertiary/aromatic N) is 5. The molecule has 1 aliphatic heterocycles. The highest BCUT2D eigenvalue weighted by Crippen LogP contribution is 2.29. The second-order valence-corrected chi connectivity index (χ2v) is 5.98. The number of alkyl halides is 3. The standard InChI is InChI=1S/C19H18F3N5O/c1-23-11-14-13-27(15-4-2-5-16(10-15)28-19(20,21)22)9-6-17(14)26-12-18-24-7-3-8-25-18/h2-5,7-8,10-11H,1,6,9,12-13H2/b14-11-,26-17?. The fourth-order valence-corrected chi connectivity index (χ4v) is 2.86. The predicted octanol–water partition coefficient (Wildman–Crippen LogP) is 3.81. The Bertz CT molecular complexity index is 881. The third-order valence-corrected chi connectivity index (χ3v) is 4.04. The van der Waals surface area contributed by atoms with Gasteiger partial charge in [0.15, 0.2) is 0 Å². The quantitative estimate of drug-likeness (QED) is 0.730. The largest absolute Gasteiger partial charge is 0.573 e. The van der Waals surface area contributed by atoms with Gasteiger partial charge in [-0.1, -0.05) is 6.07 Å². The van der Waals surface area contributed by atoms with Crippen molar-refractivity contribution in [2.45, 2.75) is 19.3 Å². The Balaban J connectivity index is 1.75. The van der Waals surface area contributed by atoms with Gasteiger partial charge in [0.1, 0.15) is 11.6 Å². The third-order valence-electron chi connectivity index (χ3n) is 4.04. The van der Waals surface area contributed by atoms with Gasteiger partial charge < -0.3 is 9.64 Å². The predicted molar refractivity (Wildman–Crippen MR) is 101 cm³/mol. The molecule has 146 valence electrons. The second-order valence-electron chi connectivity index (χ2n) is 5.98. The lowest BCUT2D eigenvalue weighted by Gasteiger charge is -2.31. The maximum Gasteiger partial charge on any atom is 0.573 e. The van der Waals surface area contributed by atoms with Gasteiger partial charge in [0.05, 0.1) is 6.54 Å². The molecule has 0 aliphatic carbocycles. The van der Waals surface area contributed by atoms with E-state index in [1.165, 1.54) is 18.2 Å². The minimum atomic E-state index is -4.72. The van der Waals surface area contributed by atoms with Crippen LogP contribution < -0.4 is 9.64 Å². The first-order valence-corrected chi connectivity index (χ1v) is 8.50. The number of aromatic nitrogens is 2. The van der Waals surface area contributed by atoms with Crippen LogP contribution in [0.3, 0.4) is 0 Å². The molecule has 1 fully saturated rings. The van der Waals surface area contributed by atoms with Gasteiger partial charge in [-0.25, -0.2) is 9.97 Å².